The van der Waals surface area contributed by atoms with Crippen LogP contribution < -0.4 is 22.7 Å². The van der Waals surface area contributed by atoms with Crippen molar-refractivity contribution >= 4 is 23.1 Å². The maximum absolute atomic E-state index is 12.7. The number of nitrogens with two attached hydrogens (primary N) is 2. The normalized spacial score (nSPS) is 11.1. The van der Waals surface area contributed by atoms with Crippen LogP contribution in [-0.2, 0) is 13.6 Å². The van der Waals surface area contributed by atoms with E-state index in [1.807, 2.05) is 13.8 Å². The molecule has 2 heterocycles. The van der Waals surface area contributed by atoms with Crippen LogP contribution in [0.15, 0.2) is 39.2 Å². The second-order valence-electron chi connectivity index (χ2n) is 6.89. The quantitative estimate of drug-likeness (QED) is 0.675. The first kappa shape index (κ1) is 19.6. The Morgan fingerprint density at radius 3 is 2.64 bits per heavy atom. The molecule has 1 aromatic carbocycles. The number of thiazole rings is 1. The molecule has 0 aliphatic rings. The van der Waals surface area contributed by atoms with Gasteiger partial charge >= 0.3 is 5.69 Å². The third-order valence-corrected chi connectivity index (χ3v) is 5.18. The van der Waals surface area contributed by atoms with E-state index >= 15 is 0 Å². The standard InChI is InChI=1S/C19H21N5O3S/c1-10(2)8-24-15(20)14(18(26)23(3)19(24)27)13-9-28-17(22-13)12-6-4-5-11(7-12)16(21)25/h4-7,9-10H,8,20H2,1-3H3,(H2,21,25). The minimum absolute atomic E-state index is 0.101. The number of anilines is 1. The fraction of sp³-hybridized carbons (Fsp3) is 0.263. The molecule has 0 bridgehead atoms. The SMILES string of the molecule is CC(C)Cn1c(N)c(-c2csc(-c3cccc(C(N)=O)c3)n2)c(=O)n(C)c1=O. The lowest BCUT2D eigenvalue weighted by Crippen LogP contribution is -2.41. The van der Waals surface area contributed by atoms with E-state index in [2.05, 4.69) is 4.98 Å². The largest absolute Gasteiger partial charge is 0.384 e. The lowest BCUT2D eigenvalue weighted by atomic mass is 10.1. The third kappa shape index (κ3) is 3.48. The highest BCUT2D eigenvalue weighted by molar-refractivity contribution is 7.13. The molecule has 0 aliphatic heterocycles. The first-order valence-electron chi connectivity index (χ1n) is 8.66. The summed E-state index contributed by atoms with van der Waals surface area (Å²) in [6, 6.07) is 6.78. The molecule has 1 amide bonds. The Bertz CT molecular complexity index is 1170. The van der Waals surface area contributed by atoms with E-state index in [0.717, 1.165) is 4.57 Å². The number of amides is 1. The van der Waals surface area contributed by atoms with Crippen molar-refractivity contribution < 1.29 is 4.79 Å². The molecule has 0 aliphatic carbocycles. The van der Waals surface area contributed by atoms with Crippen LogP contribution in [0.1, 0.15) is 24.2 Å². The summed E-state index contributed by atoms with van der Waals surface area (Å²) < 4.78 is 2.44. The van der Waals surface area contributed by atoms with Gasteiger partial charge in [0, 0.05) is 30.1 Å². The molecule has 9 heteroatoms. The number of nitrogen functional groups attached to an aromatic ring is 1. The van der Waals surface area contributed by atoms with Crippen LogP contribution in [0.25, 0.3) is 21.8 Å². The van der Waals surface area contributed by atoms with Crippen LogP contribution in [0.2, 0.25) is 0 Å². The molecule has 2 aromatic heterocycles. The first-order chi connectivity index (χ1) is 13.2. The molecule has 0 saturated heterocycles. The van der Waals surface area contributed by atoms with Gasteiger partial charge in [-0.05, 0) is 18.1 Å². The Labute approximate surface area is 165 Å². The predicted octanol–water partition coefficient (Wildman–Crippen LogP) is 1.67. The van der Waals surface area contributed by atoms with Crippen LogP contribution in [-0.4, -0.2) is 20.0 Å². The molecule has 28 heavy (non-hydrogen) atoms. The van der Waals surface area contributed by atoms with Gasteiger partial charge in [0.25, 0.3) is 5.56 Å². The van der Waals surface area contributed by atoms with E-state index in [4.69, 9.17) is 11.5 Å². The van der Waals surface area contributed by atoms with E-state index < -0.39 is 17.2 Å². The van der Waals surface area contributed by atoms with Gasteiger partial charge in [0.1, 0.15) is 16.4 Å². The molecule has 8 nitrogen and oxygen atoms in total. The van der Waals surface area contributed by atoms with Crippen LogP contribution in [0.4, 0.5) is 5.82 Å². The van der Waals surface area contributed by atoms with Gasteiger partial charge in [0.2, 0.25) is 5.91 Å². The van der Waals surface area contributed by atoms with Gasteiger partial charge in [0.15, 0.2) is 0 Å². The van der Waals surface area contributed by atoms with Crippen molar-refractivity contribution in [3.05, 3.63) is 56.0 Å². The van der Waals surface area contributed by atoms with Crippen molar-refractivity contribution in [3.63, 3.8) is 0 Å². The summed E-state index contributed by atoms with van der Waals surface area (Å²) in [6.45, 7) is 4.32. The van der Waals surface area contributed by atoms with E-state index in [-0.39, 0.29) is 17.3 Å². The van der Waals surface area contributed by atoms with Crippen molar-refractivity contribution in [1.29, 1.82) is 0 Å². The number of nitrogens with zero attached hydrogens (tertiary/aromatic N) is 3. The van der Waals surface area contributed by atoms with E-state index in [0.29, 0.717) is 28.4 Å². The van der Waals surface area contributed by atoms with Gasteiger partial charge in [-0.1, -0.05) is 26.0 Å². The summed E-state index contributed by atoms with van der Waals surface area (Å²) in [7, 11) is 1.42. The van der Waals surface area contributed by atoms with Crippen LogP contribution >= 0.6 is 11.3 Å². The zero-order valence-electron chi connectivity index (χ0n) is 15.8. The van der Waals surface area contributed by atoms with Crippen molar-refractivity contribution in [3.8, 4) is 21.8 Å². The molecule has 3 rings (SSSR count). The highest BCUT2D eigenvalue weighted by Gasteiger charge is 2.20. The molecular formula is C19H21N5O3S. The molecule has 4 N–H and O–H groups in total. The molecule has 0 spiro atoms. The molecular weight excluding hydrogens is 378 g/mol. The maximum Gasteiger partial charge on any atom is 0.332 e. The van der Waals surface area contributed by atoms with E-state index in [1.54, 1.807) is 29.6 Å². The summed E-state index contributed by atoms with van der Waals surface area (Å²) in [4.78, 5) is 41.1. The summed E-state index contributed by atoms with van der Waals surface area (Å²) in [6.07, 6.45) is 0. The third-order valence-electron chi connectivity index (χ3n) is 4.29. The van der Waals surface area contributed by atoms with E-state index in [9.17, 15) is 14.4 Å². The minimum atomic E-state index is -0.530. The van der Waals surface area contributed by atoms with Gasteiger partial charge in [-0.2, -0.15) is 0 Å². The van der Waals surface area contributed by atoms with Crippen LogP contribution in [0.3, 0.4) is 0 Å². The number of benzene rings is 1. The fourth-order valence-corrected chi connectivity index (χ4v) is 3.70. The lowest BCUT2D eigenvalue weighted by Gasteiger charge is -2.15. The van der Waals surface area contributed by atoms with Gasteiger partial charge in [0.05, 0.1) is 5.69 Å². The summed E-state index contributed by atoms with van der Waals surface area (Å²) in [5.41, 5.74) is 12.2. The summed E-state index contributed by atoms with van der Waals surface area (Å²) in [5, 5.41) is 2.32. The number of carbonyl (C=O) groups excluding carboxylic acids is 1. The number of primary amides is 1. The molecule has 146 valence electrons. The maximum atomic E-state index is 12.7. The molecule has 0 atom stereocenters. The van der Waals surface area contributed by atoms with Crippen molar-refractivity contribution in [1.82, 2.24) is 14.1 Å². The summed E-state index contributed by atoms with van der Waals surface area (Å²) >= 11 is 1.31. The van der Waals surface area contributed by atoms with Gasteiger partial charge in [-0.3, -0.25) is 18.7 Å². The Kier molecular flexibility index (Phi) is 5.19. The number of rotatable bonds is 5. The zero-order valence-corrected chi connectivity index (χ0v) is 16.6. The Morgan fingerprint density at radius 1 is 1.29 bits per heavy atom. The monoisotopic (exact) mass is 399 g/mol. The first-order valence-corrected chi connectivity index (χ1v) is 9.54. The van der Waals surface area contributed by atoms with Gasteiger partial charge in [-0.15, -0.1) is 11.3 Å². The number of aromatic nitrogens is 3. The molecule has 0 radical (unpaired) electrons. The summed E-state index contributed by atoms with van der Waals surface area (Å²) in [5.74, 6) is -0.255. The lowest BCUT2D eigenvalue weighted by molar-refractivity contribution is 0.100. The number of carbonyl (C=O) groups is 1. The Morgan fingerprint density at radius 2 is 2.00 bits per heavy atom. The van der Waals surface area contributed by atoms with Crippen molar-refractivity contribution in [2.24, 2.45) is 18.7 Å². The Hall–Kier alpha value is -3.20. The van der Waals surface area contributed by atoms with Gasteiger partial charge in [-0.25, -0.2) is 9.78 Å². The van der Waals surface area contributed by atoms with Gasteiger partial charge < -0.3 is 11.5 Å². The zero-order chi connectivity index (χ0) is 20.6. The molecule has 0 unspecified atom stereocenters. The second kappa shape index (κ2) is 7.43. The number of hydrogen-bond donors (Lipinski definition) is 2. The smallest absolute Gasteiger partial charge is 0.332 e. The molecule has 0 saturated carbocycles. The highest BCUT2D eigenvalue weighted by atomic mass is 32.1. The topological polar surface area (TPSA) is 126 Å². The fourth-order valence-electron chi connectivity index (χ4n) is 2.89. The predicted molar refractivity (Wildman–Crippen MR) is 110 cm³/mol. The minimum Gasteiger partial charge on any atom is -0.384 e. The average Bonchev–Trinajstić information content (AvgIpc) is 3.13. The van der Waals surface area contributed by atoms with Crippen molar-refractivity contribution in [2.45, 2.75) is 20.4 Å². The molecule has 0 fully saturated rings. The Balaban J connectivity index is 2.15. The van der Waals surface area contributed by atoms with Crippen LogP contribution in [0.5, 0.6) is 0 Å². The highest BCUT2D eigenvalue weighted by Crippen LogP contribution is 2.30. The second-order valence-corrected chi connectivity index (χ2v) is 7.75. The number of hydrogen-bond acceptors (Lipinski definition) is 6. The van der Waals surface area contributed by atoms with Crippen LogP contribution in [0, 0.1) is 5.92 Å². The average molecular weight is 399 g/mol. The molecule has 3 aromatic rings. The van der Waals surface area contributed by atoms with Crippen molar-refractivity contribution in [2.75, 3.05) is 5.73 Å². The van der Waals surface area contributed by atoms with E-state index in [1.165, 1.54) is 23.0 Å².